The first kappa shape index (κ1) is 15.0. The molecule has 2 aromatic carbocycles. The first-order valence-corrected chi connectivity index (χ1v) is 7.17. The number of nitrogens with two attached hydrogens (primary N) is 1. The maximum atomic E-state index is 14.0. The smallest absolute Gasteiger partial charge is 0.166 e. The van der Waals surface area contributed by atoms with E-state index in [4.69, 9.17) is 10.5 Å². The van der Waals surface area contributed by atoms with Crippen LogP contribution in [0.4, 0.5) is 4.39 Å². The van der Waals surface area contributed by atoms with Gasteiger partial charge in [0, 0.05) is 10.5 Å². The molecule has 0 bridgehead atoms. The lowest BCUT2D eigenvalue weighted by molar-refractivity contribution is 0.440. The van der Waals surface area contributed by atoms with Gasteiger partial charge in [-0.2, -0.15) is 0 Å². The fraction of sp³-hybridized carbons (Fsp3) is 0.250. The van der Waals surface area contributed by atoms with Crippen LogP contribution in [0.2, 0.25) is 0 Å². The van der Waals surface area contributed by atoms with Crippen molar-refractivity contribution in [3.63, 3.8) is 0 Å². The standard InChI is InChI=1S/C16H17BrFNO/c1-9-6-13(7-10(2)16(9)17)20-15-5-4-12(11(3)19)8-14(15)18/h4-8,11H,19H2,1-3H3. The van der Waals surface area contributed by atoms with Gasteiger partial charge in [0.15, 0.2) is 11.6 Å². The Kier molecular flexibility index (Phi) is 4.45. The summed E-state index contributed by atoms with van der Waals surface area (Å²) in [6.45, 7) is 5.76. The quantitative estimate of drug-likeness (QED) is 0.853. The van der Waals surface area contributed by atoms with Crippen molar-refractivity contribution in [1.82, 2.24) is 0 Å². The highest BCUT2D eigenvalue weighted by atomic mass is 79.9. The maximum Gasteiger partial charge on any atom is 0.166 e. The normalized spacial score (nSPS) is 12.3. The van der Waals surface area contributed by atoms with E-state index in [1.165, 1.54) is 6.07 Å². The van der Waals surface area contributed by atoms with Crippen LogP contribution < -0.4 is 10.5 Å². The Hall–Kier alpha value is -1.39. The second-order valence-electron chi connectivity index (χ2n) is 4.95. The summed E-state index contributed by atoms with van der Waals surface area (Å²) in [4.78, 5) is 0. The van der Waals surface area contributed by atoms with Gasteiger partial charge in [-0.15, -0.1) is 0 Å². The summed E-state index contributed by atoms with van der Waals surface area (Å²) >= 11 is 3.50. The van der Waals surface area contributed by atoms with E-state index < -0.39 is 5.82 Å². The van der Waals surface area contributed by atoms with Crippen LogP contribution in [-0.2, 0) is 0 Å². The second kappa shape index (κ2) is 5.94. The highest BCUT2D eigenvalue weighted by molar-refractivity contribution is 9.10. The lowest BCUT2D eigenvalue weighted by Gasteiger charge is -2.12. The van der Waals surface area contributed by atoms with Gasteiger partial charge in [0.05, 0.1) is 0 Å². The molecule has 1 atom stereocenters. The molecule has 0 aliphatic rings. The van der Waals surface area contributed by atoms with E-state index in [-0.39, 0.29) is 11.8 Å². The van der Waals surface area contributed by atoms with Gasteiger partial charge in [-0.25, -0.2) is 4.39 Å². The van der Waals surface area contributed by atoms with Gasteiger partial charge in [-0.05, 0) is 61.7 Å². The Morgan fingerprint density at radius 1 is 1.15 bits per heavy atom. The fourth-order valence-electron chi connectivity index (χ4n) is 1.98. The number of rotatable bonds is 3. The third kappa shape index (κ3) is 3.19. The summed E-state index contributed by atoms with van der Waals surface area (Å²) in [7, 11) is 0. The van der Waals surface area contributed by atoms with Crippen molar-refractivity contribution in [3.8, 4) is 11.5 Å². The van der Waals surface area contributed by atoms with Gasteiger partial charge in [0.2, 0.25) is 0 Å². The molecule has 1 unspecified atom stereocenters. The molecule has 0 aliphatic heterocycles. The van der Waals surface area contributed by atoms with Crippen molar-refractivity contribution < 1.29 is 9.13 Å². The first-order valence-electron chi connectivity index (χ1n) is 6.38. The van der Waals surface area contributed by atoms with E-state index in [0.717, 1.165) is 21.2 Å². The largest absolute Gasteiger partial charge is 0.454 e. The van der Waals surface area contributed by atoms with Crippen molar-refractivity contribution in [2.75, 3.05) is 0 Å². The van der Waals surface area contributed by atoms with Gasteiger partial charge >= 0.3 is 0 Å². The van der Waals surface area contributed by atoms with Crippen molar-refractivity contribution in [1.29, 1.82) is 0 Å². The Labute approximate surface area is 126 Å². The van der Waals surface area contributed by atoms with Crippen molar-refractivity contribution in [3.05, 3.63) is 57.3 Å². The van der Waals surface area contributed by atoms with Gasteiger partial charge < -0.3 is 10.5 Å². The van der Waals surface area contributed by atoms with E-state index >= 15 is 0 Å². The predicted molar refractivity (Wildman–Crippen MR) is 82.7 cm³/mol. The topological polar surface area (TPSA) is 35.2 Å². The molecule has 0 heterocycles. The molecular weight excluding hydrogens is 321 g/mol. The van der Waals surface area contributed by atoms with E-state index in [1.807, 2.05) is 32.9 Å². The number of hydrogen-bond acceptors (Lipinski definition) is 2. The monoisotopic (exact) mass is 337 g/mol. The van der Waals surface area contributed by atoms with E-state index in [0.29, 0.717) is 5.75 Å². The second-order valence-corrected chi connectivity index (χ2v) is 5.74. The summed E-state index contributed by atoms with van der Waals surface area (Å²) in [5, 5.41) is 0. The van der Waals surface area contributed by atoms with Crippen molar-refractivity contribution in [2.24, 2.45) is 5.73 Å². The lowest BCUT2D eigenvalue weighted by Crippen LogP contribution is -2.05. The van der Waals surface area contributed by atoms with Gasteiger partial charge in [0.25, 0.3) is 0 Å². The number of halogens is 2. The molecule has 20 heavy (non-hydrogen) atoms. The zero-order valence-electron chi connectivity index (χ0n) is 11.7. The Bertz CT molecular complexity index is 617. The van der Waals surface area contributed by atoms with Crippen LogP contribution in [0.25, 0.3) is 0 Å². The van der Waals surface area contributed by atoms with Crippen LogP contribution in [0, 0.1) is 19.7 Å². The molecule has 2 rings (SSSR count). The summed E-state index contributed by atoms with van der Waals surface area (Å²) < 4.78 is 20.7. The number of ether oxygens (including phenoxy) is 1. The molecule has 0 aromatic heterocycles. The SMILES string of the molecule is Cc1cc(Oc2ccc(C(C)N)cc2F)cc(C)c1Br. The highest BCUT2D eigenvalue weighted by Crippen LogP contribution is 2.31. The molecule has 0 radical (unpaired) electrons. The Morgan fingerprint density at radius 3 is 2.25 bits per heavy atom. The molecule has 2 nitrogen and oxygen atoms in total. The first-order chi connectivity index (χ1) is 9.38. The van der Waals surface area contributed by atoms with Gasteiger partial charge in [-0.1, -0.05) is 22.0 Å². The fourth-order valence-corrected chi connectivity index (χ4v) is 2.20. The van der Waals surface area contributed by atoms with Crippen LogP contribution in [0.3, 0.4) is 0 Å². The third-order valence-electron chi connectivity index (χ3n) is 3.12. The average molecular weight is 338 g/mol. The highest BCUT2D eigenvalue weighted by Gasteiger charge is 2.10. The molecule has 106 valence electrons. The molecule has 4 heteroatoms. The zero-order chi connectivity index (χ0) is 14.9. The van der Waals surface area contributed by atoms with Crippen LogP contribution >= 0.6 is 15.9 Å². The van der Waals surface area contributed by atoms with E-state index in [9.17, 15) is 4.39 Å². The molecule has 0 amide bonds. The third-order valence-corrected chi connectivity index (χ3v) is 4.37. The number of hydrogen-bond donors (Lipinski definition) is 1. The van der Waals surface area contributed by atoms with Crippen molar-refractivity contribution >= 4 is 15.9 Å². The number of benzene rings is 2. The Morgan fingerprint density at radius 2 is 1.75 bits per heavy atom. The molecule has 2 N–H and O–H groups in total. The van der Waals surface area contributed by atoms with Crippen LogP contribution in [0.1, 0.15) is 29.7 Å². The molecule has 0 saturated heterocycles. The minimum absolute atomic E-state index is 0.198. The summed E-state index contributed by atoms with van der Waals surface area (Å²) in [5.41, 5.74) is 8.57. The van der Waals surface area contributed by atoms with Gasteiger partial charge in [-0.3, -0.25) is 0 Å². The number of aryl methyl sites for hydroxylation is 2. The maximum absolute atomic E-state index is 14.0. The van der Waals surface area contributed by atoms with Crippen LogP contribution in [-0.4, -0.2) is 0 Å². The summed E-state index contributed by atoms with van der Waals surface area (Å²) in [6, 6.07) is 8.35. The lowest BCUT2D eigenvalue weighted by atomic mass is 10.1. The molecule has 0 saturated carbocycles. The summed E-state index contributed by atoms with van der Waals surface area (Å²) in [6.07, 6.45) is 0. The van der Waals surface area contributed by atoms with Crippen LogP contribution in [0.5, 0.6) is 11.5 Å². The average Bonchev–Trinajstić information content (AvgIpc) is 2.38. The minimum atomic E-state index is -0.405. The van der Waals surface area contributed by atoms with Crippen LogP contribution in [0.15, 0.2) is 34.8 Å². The van der Waals surface area contributed by atoms with E-state index in [2.05, 4.69) is 15.9 Å². The molecule has 2 aromatic rings. The molecular formula is C16H17BrFNO. The minimum Gasteiger partial charge on any atom is -0.454 e. The zero-order valence-corrected chi connectivity index (χ0v) is 13.3. The molecule has 0 aliphatic carbocycles. The molecule has 0 spiro atoms. The van der Waals surface area contributed by atoms with Gasteiger partial charge in [0.1, 0.15) is 5.75 Å². The molecule has 0 fully saturated rings. The van der Waals surface area contributed by atoms with Crippen molar-refractivity contribution in [2.45, 2.75) is 26.8 Å². The van der Waals surface area contributed by atoms with E-state index in [1.54, 1.807) is 12.1 Å². The summed E-state index contributed by atoms with van der Waals surface area (Å²) in [5.74, 6) is 0.421. The predicted octanol–water partition coefficient (Wildman–Crippen LogP) is 5.02. The Balaban J connectivity index is 2.31.